The second-order valence-corrected chi connectivity index (χ2v) is 8.87. The maximum absolute atomic E-state index is 12.2. The van der Waals surface area contributed by atoms with Gasteiger partial charge in [-0.15, -0.1) is 0 Å². The van der Waals surface area contributed by atoms with Crippen LogP contribution >= 0.6 is 23.2 Å². The van der Waals surface area contributed by atoms with Crippen molar-refractivity contribution in [2.45, 2.75) is 0 Å². The van der Waals surface area contributed by atoms with E-state index in [0.29, 0.717) is 0 Å². The Morgan fingerprint density at radius 1 is 1.07 bits per heavy atom. The molecule has 2 rings (SSSR count). The van der Waals surface area contributed by atoms with Gasteiger partial charge in [-0.2, -0.15) is 5.10 Å². The van der Waals surface area contributed by atoms with Crippen LogP contribution in [0.25, 0.3) is 0 Å². The van der Waals surface area contributed by atoms with Gasteiger partial charge in [-0.1, -0.05) is 35.3 Å². The third-order valence-corrected chi connectivity index (χ3v) is 5.57. The van der Waals surface area contributed by atoms with E-state index < -0.39 is 22.5 Å². The fourth-order valence-corrected chi connectivity index (χ4v) is 3.38. The van der Waals surface area contributed by atoms with Crippen LogP contribution in [0.2, 0.25) is 10.0 Å². The summed E-state index contributed by atoms with van der Waals surface area (Å²) < 4.78 is 25.1. The van der Waals surface area contributed by atoms with E-state index in [1.54, 1.807) is 0 Å². The number of nitrogens with one attached hydrogen (secondary N) is 1. The van der Waals surface area contributed by atoms with Crippen molar-refractivity contribution in [1.29, 1.82) is 0 Å². The fraction of sp³-hybridized carbons (Fsp3) is 0.222. The molecular formula is C18H20Cl2N4O3S. The van der Waals surface area contributed by atoms with Gasteiger partial charge in [0.25, 0.3) is 5.91 Å². The molecule has 0 saturated heterocycles. The average Bonchev–Trinajstić information content (AvgIpc) is 2.61. The minimum Gasteiger partial charge on any atom is -0.378 e. The van der Waals surface area contributed by atoms with Gasteiger partial charge in [0.15, 0.2) is 0 Å². The summed E-state index contributed by atoms with van der Waals surface area (Å²) in [5, 5.41) is 4.34. The lowest BCUT2D eigenvalue weighted by atomic mass is 10.2. The van der Waals surface area contributed by atoms with Crippen LogP contribution in [0.4, 0.5) is 11.4 Å². The van der Waals surface area contributed by atoms with Crippen LogP contribution < -0.4 is 14.6 Å². The zero-order valence-corrected chi connectivity index (χ0v) is 17.9. The molecule has 10 heteroatoms. The minimum absolute atomic E-state index is 0.187. The highest BCUT2D eigenvalue weighted by Crippen LogP contribution is 2.28. The number of hydrazone groups is 1. The third kappa shape index (κ3) is 6.12. The molecule has 150 valence electrons. The van der Waals surface area contributed by atoms with Gasteiger partial charge in [-0.25, -0.2) is 13.8 Å². The van der Waals surface area contributed by atoms with Crippen molar-refractivity contribution in [3.8, 4) is 0 Å². The first-order valence-electron chi connectivity index (χ1n) is 8.10. The first kappa shape index (κ1) is 22.0. The number of hydrogen-bond donors (Lipinski definition) is 1. The topological polar surface area (TPSA) is 82.1 Å². The van der Waals surface area contributed by atoms with Gasteiger partial charge in [0.1, 0.15) is 6.54 Å². The summed E-state index contributed by atoms with van der Waals surface area (Å²) in [7, 11) is 0.152. The Morgan fingerprint density at radius 3 is 2.21 bits per heavy atom. The van der Waals surface area contributed by atoms with E-state index in [0.717, 1.165) is 21.8 Å². The van der Waals surface area contributed by atoms with Crippen LogP contribution in [0.1, 0.15) is 5.56 Å². The molecule has 7 nitrogen and oxygen atoms in total. The van der Waals surface area contributed by atoms with Crippen molar-refractivity contribution in [2.75, 3.05) is 36.1 Å². The average molecular weight is 443 g/mol. The zero-order chi connectivity index (χ0) is 20.9. The molecule has 0 atom stereocenters. The molecule has 0 aliphatic rings. The molecule has 28 heavy (non-hydrogen) atoms. The highest BCUT2D eigenvalue weighted by molar-refractivity contribution is 7.92. The number of nitrogens with zero attached hydrogens (tertiary/aromatic N) is 3. The number of amides is 1. The second-order valence-electron chi connectivity index (χ2n) is 6.15. The lowest BCUT2D eigenvalue weighted by Gasteiger charge is -2.21. The first-order valence-corrected chi connectivity index (χ1v) is 10.7. The van der Waals surface area contributed by atoms with E-state index in [9.17, 15) is 13.2 Å². The second kappa shape index (κ2) is 9.27. The molecule has 2 aromatic carbocycles. The maximum atomic E-state index is 12.2. The largest absolute Gasteiger partial charge is 0.378 e. The number of anilines is 2. The smallest absolute Gasteiger partial charge is 0.260 e. The van der Waals surface area contributed by atoms with Crippen molar-refractivity contribution < 1.29 is 13.2 Å². The molecule has 1 N–H and O–H groups in total. The zero-order valence-electron chi connectivity index (χ0n) is 15.6. The summed E-state index contributed by atoms with van der Waals surface area (Å²) >= 11 is 11.8. The van der Waals surface area contributed by atoms with Crippen LogP contribution in [0.5, 0.6) is 0 Å². The number of rotatable bonds is 7. The highest BCUT2D eigenvalue weighted by atomic mass is 35.5. The van der Waals surface area contributed by atoms with Gasteiger partial charge < -0.3 is 4.90 Å². The Labute approximate surface area is 174 Å². The number of carbonyl (C=O) groups is 1. The van der Waals surface area contributed by atoms with Crippen LogP contribution in [-0.4, -0.2) is 47.4 Å². The van der Waals surface area contributed by atoms with Crippen LogP contribution in [0.15, 0.2) is 47.6 Å². The SMILES string of the molecule is CN(C)c1ccc(/C=N\NC(=O)CN(c2ccc(Cl)c(Cl)c2)S(C)(=O)=O)cc1. The summed E-state index contributed by atoms with van der Waals surface area (Å²) in [5.74, 6) is -0.599. The highest BCUT2D eigenvalue weighted by Gasteiger charge is 2.21. The monoisotopic (exact) mass is 442 g/mol. The summed E-state index contributed by atoms with van der Waals surface area (Å²) in [6.45, 7) is -0.451. The van der Waals surface area contributed by atoms with Crippen LogP contribution in [-0.2, 0) is 14.8 Å². The molecule has 0 bridgehead atoms. The summed E-state index contributed by atoms with van der Waals surface area (Å²) in [6.07, 6.45) is 2.47. The standard InChI is InChI=1S/C18H20Cl2N4O3S/c1-23(2)14-6-4-13(5-7-14)11-21-22-18(25)12-24(28(3,26)27)15-8-9-16(19)17(20)10-15/h4-11H,12H2,1-3H3,(H,22,25)/b21-11-. The van der Waals surface area contributed by atoms with E-state index in [4.69, 9.17) is 23.2 Å². The molecule has 0 radical (unpaired) electrons. The van der Waals surface area contributed by atoms with Crippen molar-refractivity contribution in [2.24, 2.45) is 5.10 Å². The van der Waals surface area contributed by atoms with Gasteiger partial charge in [0, 0.05) is 19.8 Å². The lowest BCUT2D eigenvalue weighted by Crippen LogP contribution is -2.39. The van der Waals surface area contributed by atoms with Gasteiger partial charge >= 0.3 is 0 Å². The quantitative estimate of drug-likeness (QED) is 0.527. The molecular weight excluding hydrogens is 423 g/mol. The Bertz CT molecular complexity index is 977. The fourth-order valence-electron chi connectivity index (χ4n) is 2.24. The number of halogens is 2. The molecule has 1 amide bonds. The maximum Gasteiger partial charge on any atom is 0.260 e. The molecule has 0 aliphatic heterocycles. The van der Waals surface area contributed by atoms with Gasteiger partial charge in [-0.3, -0.25) is 9.10 Å². The lowest BCUT2D eigenvalue weighted by molar-refractivity contribution is -0.119. The molecule has 0 unspecified atom stereocenters. The van der Waals surface area contributed by atoms with Crippen molar-refractivity contribution in [3.05, 3.63) is 58.1 Å². The summed E-state index contributed by atoms with van der Waals surface area (Å²) in [5.41, 5.74) is 4.37. The van der Waals surface area contributed by atoms with Crippen molar-refractivity contribution in [3.63, 3.8) is 0 Å². The molecule has 0 saturated carbocycles. The Kier molecular flexibility index (Phi) is 7.29. The number of benzene rings is 2. The van der Waals surface area contributed by atoms with Crippen LogP contribution in [0, 0.1) is 0 Å². The predicted molar refractivity (Wildman–Crippen MR) is 115 cm³/mol. The van der Waals surface area contributed by atoms with Gasteiger partial charge in [0.2, 0.25) is 10.0 Å². The van der Waals surface area contributed by atoms with E-state index in [2.05, 4.69) is 10.5 Å². The van der Waals surface area contributed by atoms with Crippen molar-refractivity contribution in [1.82, 2.24) is 5.43 Å². The molecule has 0 aromatic heterocycles. The number of sulfonamides is 1. The molecule has 0 heterocycles. The summed E-state index contributed by atoms with van der Waals surface area (Å²) in [6, 6.07) is 11.8. The molecule has 0 aliphatic carbocycles. The third-order valence-electron chi connectivity index (χ3n) is 3.69. The molecule has 0 spiro atoms. The first-order chi connectivity index (χ1) is 13.1. The Morgan fingerprint density at radius 2 is 1.68 bits per heavy atom. The van der Waals surface area contributed by atoms with E-state index in [-0.39, 0.29) is 15.7 Å². The molecule has 0 fully saturated rings. The van der Waals surface area contributed by atoms with Gasteiger partial charge in [0.05, 0.1) is 28.2 Å². The Hall–Kier alpha value is -2.29. The minimum atomic E-state index is -3.72. The van der Waals surface area contributed by atoms with Crippen molar-refractivity contribution >= 4 is 56.7 Å². The van der Waals surface area contributed by atoms with Gasteiger partial charge in [-0.05, 0) is 35.9 Å². The predicted octanol–water partition coefficient (Wildman–Crippen LogP) is 2.98. The number of hydrogen-bond acceptors (Lipinski definition) is 5. The summed E-state index contributed by atoms with van der Waals surface area (Å²) in [4.78, 5) is 14.1. The molecule has 2 aromatic rings. The van der Waals surface area contributed by atoms with E-state index in [1.165, 1.54) is 24.4 Å². The van der Waals surface area contributed by atoms with Crippen LogP contribution in [0.3, 0.4) is 0 Å². The normalized spacial score (nSPS) is 11.5. The Balaban J connectivity index is 2.06. The number of carbonyl (C=O) groups excluding carboxylic acids is 1. The van der Waals surface area contributed by atoms with E-state index in [1.807, 2.05) is 43.3 Å². The van der Waals surface area contributed by atoms with E-state index >= 15 is 0 Å².